The standard InChI is InChI=1S/C18H22N2O2/c21-17-5-1-13(2-6-17)9-15-11-20-16(12-19-15)10-14-3-7-18(22)8-4-14/h1-8,15-16,19-22H,9-12H2/p+1/t15-,16-/m0/s1. The van der Waals surface area contributed by atoms with Crippen molar-refractivity contribution in [3.8, 4) is 11.5 Å². The molecular weight excluding hydrogens is 276 g/mol. The van der Waals surface area contributed by atoms with Gasteiger partial charge in [-0.3, -0.25) is 0 Å². The van der Waals surface area contributed by atoms with Crippen molar-refractivity contribution in [3.05, 3.63) is 59.7 Å². The highest BCUT2D eigenvalue weighted by molar-refractivity contribution is 5.27. The number of phenols is 2. The third-order valence-corrected chi connectivity index (χ3v) is 4.28. The van der Waals surface area contributed by atoms with Crippen LogP contribution < -0.4 is 10.6 Å². The maximum atomic E-state index is 9.32. The Kier molecular flexibility index (Phi) is 4.61. The zero-order valence-corrected chi connectivity index (χ0v) is 12.6. The van der Waals surface area contributed by atoms with Gasteiger partial charge in [0.2, 0.25) is 0 Å². The molecule has 0 aliphatic carbocycles. The molecule has 5 N–H and O–H groups in total. The van der Waals surface area contributed by atoms with Gasteiger partial charge in [-0.05, 0) is 41.8 Å². The molecule has 1 heterocycles. The maximum absolute atomic E-state index is 9.32. The minimum absolute atomic E-state index is 0.320. The lowest BCUT2D eigenvalue weighted by atomic mass is 10.00. The quantitative estimate of drug-likeness (QED) is 0.674. The Labute approximate surface area is 130 Å². The fourth-order valence-electron chi connectivity index (χ4n) is 3.00. The lowest BCUT2D eigenvalue weighted by Crippen LogP contribution is -2.97. The smallest absolute Gasteiger partial charge is 0.115 e. The summed E-state index contributed by atoms with van der Waals surface area (Å²) in [5.74, 6) is 0.643. The minimum Gasteiger partial charge on any atom is -0.508 e. The number of quaternary nitrogens is 1. The number of hydrogen-bond donors (Lipinski definition) is 4. The molecule has 3 rings (SSSR count). The van der Waals surface area contributed by atoms with Crippen LogP contribution in [0, 0.1) is 0 Å². The summed E-state index contributed by atoms with van der Waals surface area (Å²) in [6, 6.07) is 16.0. The van der Waals surface area contributed by atoms with Gasteiger partial charge in [0, 0.05) is 13.0 Å². The molecule has 0 spiro atoms. The molecule has 0 aromatic heterocycles. The number of piperazine rings is 1. The fraction of sp³-hybridized carbons (Fsp3) is 0.333. The van der Waals surface area contributed by atoms with E-state index in [-0.39, 0.29) is 0 Å². The molecule has 1 aliphatic heterocycles. The van der Waals surface area contributed by atoms with Gasteiger partial charge in [0.05, 0.1) is 12.6 Å². The summed E-state index contributed by atoms with van der Waals surface area (Å²) >= 11 is 0. The predicted molar refractivity (Wildman–Crippen MR) is 86.0 cm³/mol. The zero-order valence-electron chi connectivity index (χ0n) is 12.6. The maximum Gasteiger partial charge on any atom is 0.115 e. The molecule has 0 radical (unpaired) electrons. The van der Waals surface area contributed by atoms with Gasteiger partial charge >= 0.3 is 0 Å². The van der Waals surface area contributed by atoms with Gasteiger partial charge in [-0.15, -0.1) is 0 Å². The van der Waals surface area contributed by atoms with E-state index >= 15 is 0 Å². The van der Waals surface area contributed by atoms with E-state index in [2.05, 4.69) is 10.6 Å². The van der Waals surface area contributed by atoms with Crippen LogP contribution in [0.3, 0.4) is 0 Å². The lowest BCUT2D eigenvalue weighted by molar-refractivity contribution is -0.697. The van der Waals surface area contributed by atoms with Crippen LogP contribution in [0.15, 0.2) is 48.5 Å². The van der Waals surface area contributed by atoms with Crippen LogP contribution in [0.5, 0.6) is 11.5 Å². The highest BCUT2D eigenvalue weighted by Gasteiger charge is 2.23. The van der Waals surface area contributed by atoms with Gasteiger partial charge in [0.15, 0.2) is 0 Å². The molecular formula is C18H23N2O2+. The van der Waals surface area contributed by atoms with Crippen molar-refractivity contribution in [2.24, 2.45) is 0 Å². The number of phenolic OH excluding ortho intramolecular Hbond substituents is 2. The average molecular weight is 299 g/mol. The molecule has 1 fully saturated rings. The van der Waals surface area contributed by atoms with Crippen LogP contribution in [0.25, 0.3) is 0 Å². The minimum atomic E-state index is 0.320. The Morgan fingerprint density at radius 2 is 1.41 bits per heavy atom. The third-order valence-electron chi connectivity index (χ3n) is 4.28. The zero-order chi connectivity index (χ0) is 15.4. The van der Waals surface area contributed by atoms with Crippen molar-refractivity contribution in [1.29, 1.82) is 0 Å². The molecule has 22 heavy (non-hydrogen) atoms. The van der Waals surface area contributed by atoms with Gasteiger partial charge in [-0.25, -0.2) is 0 Å². The SMILES string of the molecule is Oc1ccc(C[C@H]2C[NH2+][C@@H](Cc3ccc(O)cc3)CN2)cc1. The molecule has 2 atom stereocenters. The number of nitrogens with two attached hydrogens (primary N) is 1. The fourth-order valence-corrected chi connectivity index (χ4v) is 3.00. The summed E-state index contributed by atoms with van der Waals surface area (Å²) < 4.78 is 0. The molecule has 4 nitrogen and oxygen atoms in total. The average Bonchev–Trinajstić information content (AvgIpc) is 2.54. The molecule has 4 heteroatoms. The molecule has 2 aromatic rings. The van der Waals surface area contributed by atoms with Gasteiger partial charge in [-0.1, -0.05) is 24.3 Å². The molecule has 2 aromatic carbocycles. The van der Waals surface area contributed by atoms with E-state index in [1.165, 1.54) is 11.1 Å². The molecule has 1 saturated heterocycles. The summed E-state index contributed by atoms with van der Waals surface area (Å²) in [6.07, 6.45) is 2.00. The molecule has 1 aliphatic rings. The summed E-state index contributed by atoms with van der Waals surface area (Å²) in [6.45, 7) is 2.05. The third kappa shape index (κ3) is 4.00. The van der Waals surface area contributed by atoms with E-state index < -0.39 is 0 Å². The van der Waals surface area contributed by atoms with E-state index in [9.17, 15) is 10.2 Å². The van der Waals surface area contributed by atoms with Crippen LogP contribution in [-0.2, 0) is 12.8 Å². The van der Waals surface area contributed by atoms with Crippen molar-refractivity contribution in [2.45, 2.75) is 24.9 Å². The Balaban J connectivity index is 1.47. The van der Waals surface area contributed by atoms with Crippen molar-refractivity contribution in [2.75, 3.05) is 13.1 Å². The summed E-state index contributed by atoms with van der Waals surface area (Å²) in [5.41, 5.74) is 2.51. The highest BCUT2D eigenvalue weighted by atomic mass is 16.3. The summed E-state index contributed by atoms with van der Waals surface area (Å²) in [7, 11) is 0. The number of benzene rings is 2. The van der Waals surface area contributed by atoms with Gasteiger partial charge in [0.1, 0.15) is 17.5 Å². The van der Waals surface area contributed by atoms with Gasteiger partial charge in [0.25, 0.3) is 0 Å². The summed E-state index contributed by atoms with van der Waals surface area (Å²) in [4.78, 5) is 0. The van der Waals surface area contributed by atoms with Crippen molar-refractivity contribution < 1.29 is 15.5 Å². The monoisotopic (exact) mass is 299 g/mol. The van der Waals surface area contributed by atoms with E-state index in [1.54, 1.807) is 24.3 Å². The van der Waals surface area contributed by atoms with Crippen molar-refractivity contribution >= 4 is 0 Å². The van der Waals surface area contributed by atoms with E-state index in [1.807, 2.05) is 24.3 Å². The van der Waals surface area contributed by atoms with E-state index in [0.717, 1.165) is 25.9 Å². The first kappa shape index (κ1) is 14.9. The lowest BCUT2D eigenvalue weighted by Gasteiger charge is -2.28. The second-order valence-electron chi connectivity index (χ2n) is 6.08. The first-order chi connectivity index (χ1) is 10.7. The van der Waals surface area contributed by atoms with Crippen LogP contribution in [0.4, 0.5) is 0 Å². The topological polar surface area (TPSA) is 69.1 Å². The van der Waals surface area contributed by atoms with Crippen LogP contribution in [-0.4, -0.2) is 35.4 Å². The summed E-state index contributed by atoms with van der Waals surface area (Å²) in [5, 5.41) is 24.7. The van der Waals surface area contributed by atoms with Gasteiger partial charge < -0.3 is 20.8 Å². The Morgan fingerprint density at radius 1 is 0.864 bits per heavy atom. The second kappa shape index (κ2) is 6.81. The molecule has 0 bridgehead atoms. The Morgan fingerprint density at radius 3 is 1.91 bits per heavy atom. The van der Waals surface area contributed by atoms with Crippen LogP contribution >= 0.6 is 0 Å². The molecule has 0 amide bonds. The number of hydrogen-bond acceptors (Lipinski definition) is 3. The largest absolute Gasteiger partial charge is 0.508 e. The number of aromatic hydroxyl groups is 2. The Hall–Kier alpha value is -2.04. The molecule has 0 saturated carbocycles. The van der Waals surface area contributed by atoms with Crippen molar-refractivity contribution in [1.82, 2.24) is 5.32 Å². The Bertz CT molecular complexity index is 532. The first-order valence-electron chi connectivity index (χ1n) is 7.81. The normalized spacial score (nSPS) is 21.6. The molecule has 116 valence electrons. The number of rotatable bonds is 4. The van der Waals surface area contributed by atoms with Crippen LogP contribution in [0.2, 0.25) is 0 Å². The van der Waals surface area contributed by atoms with Gasteiger partial charge in [-0.2, -0.15) is 0 Å². The second-order valence-corrected chi connectivity index (χ2v) is 6.08. The van der Waals surface area contributed by atoms with Crippen molar-refractivity contribution in [3.63, 3.8) is 0 Å². The van der Waals surface area contributed by atoms with E-state index in [0.29, 0.717) is 23.6 Å². The molecule has 0 unspecified atom stereocenters. The first-order valence-corrected chi connectivity index (χ1v) is 7.81. The highest BCUT2D eigenvalue weighted by Crippen LogP contribution is 2.13. The number of nitrogens with one attached hydrogen (secondary N) is 1. The predicted octanol–water partition coefficient (Wildman–Crippen LogP) is 0.787. The van der Waals surface area contributed by atoms with E-state index in [4.69, 9.17) is 0 Å². The van der Waals surface area contributed by atoms with Crippen LogP contribution in [0.1, 0.15) is 11.1 Å².